The number of thiazole rings is 1. The number of nitrogens with two attached hydrogens (primary N) is 2. The third-order valence-electron chi connectivity index (χ3n) is 5.13. The van der Waals surface area contributed by atoms with Gasteiger partial charge in [0.05, 0.1) is 6.04 Å². The van der Waals surface area contributed by atoms with Crippen molar-refractivity contribution >= 4 is 80.3 Å². The zero-order chi connectivity index (χ0) is 25.1. The number of ether oxygens (including phenoxy) is 1. The summed E-state index contributed by atoms with van der Waals surface area (Å²) in [5.74, 6) is -1.28. The summed E-state index contributed by atoms with van der Waals surface area (Å²) >= 11 is 13.9. The number of alkyl halides is 2. The van der Waals surface area contributed by atoms with Crippen LogP contribution < -0.4 is 11.5 Å². The molecule has 2 aliphatic heterocycles. The molecule has 0 amide bonds. The van der Waals surface area contributed by atoms with Gasteiger partial charge in [-0.2, -0.15) is 0 Å². The Morgan fingerprint density at radius 2 is 2.09 bits per heavy atom. The Kier molecular flexibility index (Phi) is 8.02. The van der Waals surface area contributed by atoms with E-state index in [0.717, 1.165) is 22.5 Å². The Morgan fingerprint density at radius 3 is 2.71 bits per heavy atom. The number of rotatable bonds is 8. The lowest BCUT2D eigenvalue weighted by atomic mass is 9.99. The summed E-state index contributed by atoms with van der Waals surface area (Å²) in [6.07, 6.45) is 0. The zero-order valence-electron chi connectivity index (χ0n) is 18.0. The van der Waals surface area contributed by atoms with Gasteiger partial charge in [0.25, 0.3) is 0 Å². The van der Waals surface area contributed by atoms with Gasteiger partial charge in [0.15, 0.2) is 5.13 Å². The molecule has 0 bridgehead atoms. The molecule has 1 fully saturated rings. The van der Waals surface area contributed by atoms with Crippen molar-refractivity contribution in [2.24, 2.45) is 10.9 Å². The second kappa shape index (κ2) is 11.0. The zero-order valence-corrected chi connectivity index (χ0v) is 21.2. The minimum Gasteiger partial charge on any atom is -0.392 e. The molecule has 0 radical (unpaired) electrons. The highest BCUT2D eigenvalue weighted by Crippen LogP contribution is 2.43. The smallest absolute Gasteiger partial charge is 0.370 e. The molecule has 35 heavy (non-hydrogen) atoms. The molecule has 184 valence electrons. The van der Waals surface area contributed by atoms with Crippen LogP contribution in [-0.2, 0) is 25.0 Å². The lowest BCUT2D eigenvalue weighted by Gasteiger charge is -2.50. The summed E-state index contributed by atoms with van der Waals surface area (Å²) in [6, 6.07) is 6.96. The molecule has 9 nitrogen and oxygen atoms in total. The fourth-order valence-electron chi connectivity index (χ4n) is 3.43. The van der Waals surface area contributed by atoms with Crippen LogP contribution in [0.5, 0.6) is 0 Å². The Balaban J connectivity index is 1.67. The molecule has 3 heterocycles. The van der Waals surface area contributed by atoms with Crippen LogP contribution in [0, 0.1) is 0 Å². The average Bonchev–Trinajstić information content (AvgIpc) is 3.30. The van der Waals surface area contributed by atoms with Crippen molar-refractivity contribution in [3.63, 3.8) is 0 Å². The first-order valence-corrected chi connectivity index (χ1v) is 13.0. The van der Waals surface area contributed by atoms with Gasteiger partial charge in [0, 0.05) is 22.6 Å². The minimum atomic E-state index is -1.13. The number of anilines is 1. The van der Waals surface area contributed by atoms with E-state index in [1.807, 2.05) is 24.3 Å². The number of hydrogen-bond acceptors (Lipinski definition) is 11. The Morgan fingerprint density at radius 1 is 1.34 bits per heavy atom. The molecule has 1 unspecified atom stereocenters. The van der Waals surface area contributed by atoms with Crippen molar-refractivity contribution in [1.82, 2.24) is 9.88 Å². The van der Waals surface area contributed by atoms with E-state index in [4.69, 9.17) is 44.9 Å². The number of aromatic nitrogens is 1. The molecule has 4 rings (SSSR count). The second-order valence-corrected chi connectivity index (χ2v) is 9.98. The lowest BCUT2D eigenvalue weighted by molar-refractivity contribution is -0.153. The largest absolute Gasteiger partial charge is 0.392 e. The number of nitrogens with zero attached hydrogens (tertiary/aromatic N) is 3. The lowest BCUT2D eigenvalue weighted by Crippen LogP contribution is -2.67. The van der Waals surface area contributed by atoms with Gasteiger partial charge in [-0.3, -0.25) is 0 Å². The van der Waals surface area contributed by atoms with Crippen molar-refractivity contribution in [3.8, 4) is 0 Å². The number of carbonyl (C=O) groups is 2. The van der Waals surface area contributed by atoms with Crippen molar-refractivity contribution in [2.75, 3.05) is 24.8 Å². The Labute approximate surface area is 218 Å². The summed E-state index contributed by atoms with van der Waals surface area (Å²) in [6.45, 7) is -1.22. The number of nitrogen functional groups attached to an aromatic ring is 1. The minimum absolute atomic E-state index is 0.0357. The number of thioether (sulfide) groups is 1. The third kappa shape index (κ3) is 5.19. The van der Waals surface area contributed by atoms with Crippen LogP contribution in [0.25, 0.3) is 5.57 Å². The van der Waals surface area contributed by atoms with Crippen molar-refractivity contribution in [2.45, 2.75) is 17.3 Å². The molecular formula is C21H19ClFN5O4S3. The van der Waals surface area contributed by atoms with E-state index in [1.54, 1.807) is 4.90 Å². The van der Waals surface area contributed by atoms with Gasteiger partial charge in [-0.1, -0.05) is 41.6 Å². The first-order valence-electron chi connectivity index (χ1n) is 10.2. The maximum atomic E-state index is 13.4. The highest BCUT2D eigenvalue weighted by Gasteiger charge is 2.49. The van der Waals surface area contributed by atoms with Crippen LogP contribution in [0.4, 0.5) is 9.52 Å². The molecule has 14 heteroatoms. The predicted octanol–water partition coefficient (Wildman–Crippen LogP) is 2.68. The standard InChI is InChI=1S/C21H19ClFN5O4S3/c22-7-10-1-3-11(4-2-10)12-8-34-18-14(24)17(33)28(18)16(12)20(30)32-19(29)15(27-31-6-5-23)13-9-35-21(25)26-13/h1-4,9,14,18H,5-8,24H2,(H2,25,26)/t14?,18-/m0/s1. The fraction of sp³-hybridized carbons (Fsp3) is 0.286. The topological polar surface area (TPSA) is 133 Å². The molecule has 2 aromatic rings. The quantitative estimate of drug-likeness (QED) is 0.0952. The second-order valence-electron chi connectivity index (χ2n) is 7.30. The number of oxime groups is 1. The van der Waals surface area contributed by atoms with E-state index < -0.39 is 37.0 Å². The summed E-state index contributed by atoms with van der Waals surface area (Å²) in [5, 5.41) is 4.96. The van der Waals surface area contributed by atoms with Crippen LogP contribution in [-0.4, -0.2) is 63.0 Å². The van der Waals surface area contributed by atoms with Gasteiger partial charge >= 0.3 is 11.9 Å². The molecule has 0 aliphatic carbocycles. The predicted molar refractivity (Wildman–Crippen MR) is 138 cm³/mol. The van der Waals surface area contributed by atoms with Crippen LogP contribution >= 0.6 is 46.9 Å². The van der Waals surface area contributed by atoms with Crippen molar-refractivity contribution < 1.29 is 23.6 Å². The van der Waals surface area contributed by atoms with Gasteiger partial charge in [-0.15, -0.1) is 34.7 Å². The molecule has 1 aromatic carbocycles. The van der Waals surface area contributed by atoms with E-state index in [2.05, 4.69) is 10.1 Å². The highest BCUT2D eigenvalue weighted by molar-refractivity contribution is 8.00. The van der Waals surface area contributed by atoms with E-state index in [0.29, 0.717) is 22.2 Å². The summed E-state index contributed by atoms with van der Waals surface area (Å²) < 4.78 is 17.7. The number of esters is 2. The maximum absolute atomic E-state index is 13.4. The molecule has 1 saturated heterocycles. The van der Waals surface area contributed by atoms with Gasteiger partial charge in [-0.05, 0) is 11.1 Å². The Hall–Kier alpha value is -2.58. The van der Waals surface area contributed by atoms with E-state index in [1.165, 1.54) is 17.1 Å². The van der Waals surface area contributed by atoms with Gasteiger partial charge in [0.1, 0.15) is 35.0 Å². The maximum Gasteiger partial charge on any atom is 0.370 e. The number of halogens is 2. The number of carbonyl (C=O) groups excluding carboxylic acids is 2. The normalized spacial score (nSPS) is 19.8. The summed E-state index contributed by atoms with van der Waals surface area (Å²) in [4.78, 5) is 37.0. The number of thiocarbonyl (C=S) groups is 1. The van der Waals surface area contributed by atoms with Crippen LogP contribution in [0.15, 0.2) is 40.5 Å². The number of hydrogen-bond donors (Lipinski definition) is 2. The molecule has 0 saturated carbocycles. The van der Waals surface area contributed by atoms with Crippen LogP contribution in [0.1, 0.15) is 16.8 Å². The van der Waals surface area contributed by atoms with Gasteiger partial charge in [-0.25, -0.2) is 19.0 Å². The average molecular weight is 556 g/mol. The number of fused-ring (bicyclic) bond motifs is 1. The first kappa shape index (κ1) is 25.5. The van der Waals surface area contributed by atoms with Gasteiger partial charge in [0.2, 0.25) is 5.71 Å². The molecular weight excluding hydrogens is 537 g/mol. The van der Waals surface area contributed by atoms with Crippen molar-refractivity contribution in [3.05, 3.63) is 52.2 Å². The fourth-order valence-corrected chi connectivity index (χ4v) is 5.99. The molecule has 2 aliphatic rings. The molecule has 2 atom stereocenters. The van der Waals surface area contributed by atoms with Crippen molar-refractivity contribution in [1.29, 1.82) is 0 Å². The van der Waals surface area contributed by atoms with Gasteiger partial charge < -0.3 is 25.9 Å². The first-order chi connectivity index (χ1) is 16.8. The molecule has 0 spiro atoms. The summed E-state index contributed by atoms with van der Waals surface area (Å²) in [5.41, 5.74) is 13.8. The monoisotopic (exact) mass is 555 g/mol. The Bertz CT molecular complexity index is 1220. The molecule has 1 aromatic heterocycles. The summed E-state index contributed by atoms with van der Waals surface area (Å²) in [7, 11) is 0. The van der Waals surface area contributed by atoms with Crippen LogP contribution in [0.2, 0.25) is 0 Å². The van der Waals surface area contributed by atoms with E-state index in [9.17, 15) is 14.0 Å². The highest BCUT2D eigenvalue weighted by atomic mass is 35.5. The molecule has 4 N–H and O–H groups in total. The SMILES string of the molecule is Nc1nc(C(=NOCCF)C(=O)OC(=O)C2=C(c3ccc(CCl)cc3)CS[C@H]3C(N)C(=S)N23)cs1. The third-order valence-corrected chi connectivity index (χ3v) is 7.88. The van der Waals surface area contributed by atoms with E-state index in [-0.39, 0.29) is 21.9 Å². The van der Waals surface area contributed by atoms with E-state index >= 15 is 0 Å². The number of benzene rings is 1. The van der Waals surface area contributed by atoms with Crippen LogP contribution in [0.3, 0.4) is 0 Å².